The first-order valence-electron chi connectivity index (χ1n) is 3.00. The minimum atomic E-state index is -3.32. The van der Waals surface area contributed by atoms with Gasteiger partial charge in [-0.25, -0.2) is 0 Å². The maximum absolute atomic E-state index is 10.1. The third-order valence-corrected chi connectivity index (χ3v) is 14.2. The number of rotatable bonds is 6. The molecule has 0 aliphatic carbocycles. The molecule has 0 aliphatic rings. The van der Waals surface area contributed by atoms with Crippen LogP contribution in [0.1, 0.15) is 0 Å². The Morgan fingerprint density at radius 2 is 1.46 bits per heavy atom. The van der Waals surface area contributed by atoms with E-state index in [1.807, 2.05) is 0 Å². The van der Waals surface area contributed by atoms with E-state index in [0.29, 0.717) is 0 Å². The van der Waals surface area contributed by atoms with Crippen LogP contribution in [0.5, 0.6) is 0 Å². The Morgan fingerprint density at radius 1 is 1.08 bits per heavy atom. The quantitative estimate of drug-likeness (QED) is 0.421. The van der Waals surface area contributed by atoms with Crippen molar-refractivity contribution in [3.8, 4) is 0 Å². The molecule has 13 heavy (non-hydrogen) atoms. The number of nitrogens with zero attached hydrogens (tertiary/aromatic N) is 2. The Hall–Kier alpha value is -0.517. The van der Waals surface area contributed by atoms with E-state index in [2.05, 4.69) is 21.1 Å². The summed E-state index contributed by atoms with van der Waals surface area (Å²) in [5.74, 6) is 0. The number of hydrogen-bond donors (Lipinski definition) is 0. The molecule has 7 heteroatoms. The van der Waals surface area contributed by atoms with Gasteiger partial charge >= 0.3 is 85.2 Å². The van der Waals surface area contributed by atoms with Crippen LogP contribution < -0.4 is 0 Å². The second-order valence-corrected chi connectivity index (χ2v) is 16.1. The van der Waals surface area contributed by atoms with E-state index in [1.54, 1.807) is 0 Å². The van der Waals surface area contributed by atoms with Crippen molar-refractivity contribution in [2.75, 3.05) is 0 Å². The monoisotopic (exact) mass is 276 g/mol. The third kappa shape index (κ3) is 4.31. The van der Waals surface area contributed by atoms with Crippen molar-refractivity contribution in [3.63, 3.8) is 0 Å². The molecule has 0 unspecified atom stereocenters. The van der Waals surface area contributed by atoms with Gasteiger partial charge in [-0.15, -0.1) is 0 Å². The van der Waals surface area contributed by atoms with Gasteiger partial charge in [0.15, 0.2) is 0 Å². The van der Waals surface area contributed by atoms with Gasteiger partial charge in [0, 0.05) is 0 Å². The predicted molar refractivity (Wildman–Crippen MR) is 57.6 cm³/mol. The van der Waals surface area contributed by atoms with Gasteiger partial charge in [0.2, 0.25) is 0 Å². The molecule has 0 N–H and O–H groups in total. The molecule has 0 amide bonds. The topological polar surface area (TPSA) is 58.9 Å². The van der Waals surface area contributed by atoms with Gasteiger partial charge in [0.05, 0.1) is 0 Å². The van der Waals surface area contributed by atoms with E-state index in [0.717, 1.165) is 0 Å². The molecule has 0 atom stereocenters. The molecule has 0 rings (SSSR count). The van der Waals surface area contributed by atoms with Crippen molar-refractivity contribution < 1.29 is 9.59 Å². The number of isocyanates is 2. The van der Waals surface area contributed by atoms with Crippen molar-refractivity contribution >= 4 is 43.8 Å². The predicted octanol–water partition coefficient (Wildman–Crippen LogP) is 1.85. The molecule has 0 fully saturated rings. The second-order valence-electron chi connectivity index (χ2n) is 1.52. The van der Waals surface area contributed by atoms with Gasteiger partial charge < -0.3 is 0 Å². The fraction of sp³-hybridized carbons (Fsp3) is 0. The summed E-state index contributed by atoms with van der Waals surface area (Å²) in [4.78, 5) is 20.2. The molecule has 0 aromatic heterocycles. The summed E-state index contributed by atoms with van der Waals surface area (Å²) in [7, 11) is 2.36. The van der Waals surface area contributed by atoms with E-state index in [-0.39, 0.29) is 0 Å². The van der Waals surface area contributed by atoms with Crippen LogP contribution in [0.3, 0.4) is 0 Å². The molecule has 0 spiro atoms. The molecule has 68 valence electrons. The van der Waals surface area contributed by atoms with E-state index >= 15 is 0 Å². The molecule has 0 saturated heterocycles. The summed E-state index contributed by atoms with van der Waals surface area (Å²) >= 11 is -3.32. The third-order valence-electron chi connectivity index (χ3n) is 0.848. The van der Waals surface area contributed by atoms with Crippen LogP contribution in [0.15, 0.2) is 31.9 Å². The van der Waals surface area contributed by atoms with E-state index in [9.17, 15) is 9.59 Å². The van der Waals surface area contributed by atoms with Crippen LogP contribution in [-0.4, -0.2) is 23.6 Å². The van der Waals surface area contributed by atoms with E-state index < -0.39 is 11.4 Å². The molecular weight excluding hydrogens is 269 g/mol. The summed E-state index contributed by atoms with van der Waals surface area (Å²) in [5.41, 5.74) is 0. The van der Waals surface area contributed by atoms with Crippen molar-refractivity contribution in [2.24, 2.45) is 7.90 Å². The van der Waals surface area contributed by atoms with Crippen LogP contribution in [0.2, 0.25) is 0 Å². The Labute approximate surface area is 85.1 Å². The van der Waals surface area contributed by atoms with Crippen LogP contribution in [0, 0.1) is 0 Å². The van der Waals surface area contributed by atoms with Crippen molar-refractivity contribution in [3.05, 3.63) is 24.0 Å². The van der Waals surface area contributed by atoms with Gasteiger partial charge in [0.1, 0.15) is 0 Å². The first-order chi connectivity index (χ1) is 6.24. The Balaban J connectivity index is 4.98. The Morgan fingerprint density at radius 3 is 1.69 bits per heavy atom. The molecule has 0 aliphatic heterocycles. The van der Waals surface area contributed by atoms with E-state index in [1.165, 1.54) is 43.2 Å². The molecule has 0 heterocycles. The molecular formula is C6H6GeN2O2S2. The molecule has 4 nitrogen and oxygen atoms in total. The van der Waals surface area contributed by atoms with Crippen molar-refractivity contribution in [1.29, 1.82) is 0 Å². The van der Waals surface area contributed by atoms with Crippen LogP contribution in [-0.2, 0) is 9.59 Å². The Kier molecular flexibility index (Phi) is 6.67. The normalized spacial score (nSPS) is 9.23. The summed E-state index contributed by atoms with van der Waals surface area (Å²) in [6.07, 6.45) is 2.82. The SMILES string of the molecule is C=C[S][Ge]([N]=C=O)([N]=C=O)[S]C=C. The van der Waals surface area contributed by atoms with Gasteiger partial charge in [-0.2, -0.15) is 0 Å². The van der Waals surface area contributed by atoms with Crippen molar-refractivity contribution in [2.45, 2.75) is 0 Å². The molecule has 0 radical (unpaired) electrons. The molecule has 0 bridgehead atoms. The van der Waals surface area contributed by atoms with Crippen LogP contribution in [0.4, 0.5) is 0 Å². The van der Waals surface area contributed by atoms with E-state index in [4.69, 9.17) is 0 Å². The first-order valence-corrected chi connectivity index (χ1v) is 11.8. The summed E-state index contributed by atoms with van der Waals surface area (Å²) in [6.45, 7) is 6.95. The second kappa shape index (κ2) is 6.94. The standard InChI is InChI=1S/C6H6GeN2O2S2/c1-3-12-7(8-5-10,9-6-11)13-4-2/h3-4H,1-2H2. The van der Waals surface area contributed by atoms with Crippen LogP contribution in [0.25, 0.3) is 0 Å². The fourth-order valence-corrected chi connectivity index (χ4v) is 9.95. The Bertz CT molecular complexity index is 265. The first kappa shape index (κ1) is 12.5. The van der Waals surface area contributed by atoms with Gasteiger partial charge in [0.25, 0.3) is 0 Å². The molecule has 0 aromatic rings. The molecule has 0 saturated carbocycles. The summed E-state index contributed by atoms with van der Waals surface area (Å²) < 4.78 is 7.12. The average Bonchev–Trinajstić information content (AvgIpc) is 2.06. The van der Waals surface area contributed by atoms with Crippen LogP contribution >= 0.6 is 20.2 Å². The zero-order chi connectivity index (χ0) is 10.2. The average molecular weight is 275 g/mol. The fourth-order valence-electron chi connectivity index (χ4n) is 0.491. The summed E-state index contributed by atoms with van der Waals surface area (Å²) in [6, 6.07) is 0. The van der Waals surface area contributed by atoms with Gasteiger partial charge in [-0.05, 0) is 0 Å². The zero-order valence-corrected chi connectivity index (χ0v) is 10.3. The number of hydrogen-bond acceptors (Lipinski definition) is 6. The van der Waals surface area contributed by atoms with Gasteiger partial charge in [-0.3, -0.25) is 0 Å². The van der Waals surface area contributed by atoms with Gasteiger partial charge in [-0.1, -0.05) is 0 Å². The maximum atomic E-state index is 10.1. The minimum absolute atomic E-state index is 1.18. The molecule has 0 aromatic carbocycles. The van der Waals surface area contributed by atoms with Crippen molar-refractivity contribution in [1.82, 2.24) is 0 Å². The zero-order valence-electron chi connectivity index (χ0n) is 6.60. The summed E-state index contributed by atoms with van der Waals surface area (Å²) in [5, 5.41) is 3.00. The number of carbonyl (C=O) groups excluding carboxylic acids is 2.